The van der Waals surface area contributed by atoms with E-state index in [0.717, 1.165) is 39.0 Å². The highest BCUT2D eigenvalue weighted by atomic mass is 16.6. The van der Waals surface area contributed by atoms with E-state index in [9.17, 15) is 14.7 Å². The number of aromatic carboxylic acids is 1. The van der Waals surface area contributed by atoms with E-state index in [1.165, 1.54) is 0 Å². The number of carboxylic acids is 1. The molecule has 0 radical (unpaired) electrons. The van der Waals surface area contributed by atoms with Crippen LogP contribution in [0.15, 0.2) is 96.6 Å². The smallest absolute Gasteiger partial charge is 0.410 e. The van der Waals surface area contributed by atoms with Crippen molar-refractivity contribution in [3.05, 3.63) is 113 Å². The molecule has 0 fully saturated rings. The van der Waals surface area contributed by atoms with Crippen molar-refractivity contribution < 1.29 is 28.9 Å². The molecule has 4 aromatic carbocycles. The van der Waals surface area contributed by atoms with Crippen LogP contribution in [0, 0.1) is 0 Å². The van der Waals surface area contributed by atoms with Gasteiger partial charge in [0.25, 0.3) is 0 Å². The Kier molecular flexibility index (Phi) is 9.86. The number of benzene rings is 4. The molecule has 0 heterocycles. The van der Waals surface area contributed by atoms with Crippen LogP contribution in [-0.2, 0) is 11.2 Å². The number of nitrogens with zero attached hydrogens (tertiary/aromatic N) is 1. The number of rotatable bonds is 11. The van der Waals surface area contributed by atoms with Gasteiger partial charge in [-0.1, -0.05) is 66.7 Å². The lowest BCUT2D eigenvalue weighted by Gasteiger charge is -2.28. The number of carbonyl (C=O) groups is 2. The van der Waals surface area contributed by atoms with Crippen molar-refractivity contribution in [2.24, 2.45) is 0 Å². The highest BCUT2D eigenvalue weighted by Crippen LogP contribution is 2.26. The van der Waals surface area contributed by atoms with Crippen molar-refractivity contribution in [2.75, 3.05) is 26.8 Å². The zero-order valence-corrected chi connectivity index (χ0v) is 24.5. The van der Waals surface area contributed by atoms with Crippen LogP contribution in [0.3, 0.4) is 0 Å². The molecule has 4 aromatic rings. The Labute approximate surface area is 246 Å². The van der Waals surface area contributed by atoms with E-state index in [-0.39, 0.29) is 18.7 Å². The van der Waals surface area contributed by atoms with E-state index in [1.54, 1.807) is 36.3 Å². The molecular weight excluding hydrogens is 530 g/mol. The fourth-order valence-corrected chi connectivity index (χ4v) is 4.45. The Morgan fingerprint density at radius 3 is 2.24 bits per heavy atom. The first kappa shape index (κ1) is 30.2. The summed E-state index contributed by atoms with van der Waals surface area (Å²) >= 11 is 0. The summed E-state index contributed by atoms with van der Waals surface area (Å²) in [5, 5.41) is 11.4. The van der Waals surface area contributed by atoms with Gasteiger partial charge >= 0.3 is 12.1 Å². The van der Waals surface area contributed by atoms with E-state index in [0.29, 0.717) is 13.0 Å². The summed E-state index contributed by atoms with van der Waals surface area (Å²) in [5.41, 5.74) is 2.23. The summed E-state index contributed by atoms with van der Waals surface area (Å²) in [5.74, 6) is 0.523. The molecule has 0 bridgehead atoms. The maximum Gasteiger partial charge on any atom is 0.410 e. The average molecular weight is 568 g/mol. The average Bonchev–Trinajstić information content (AvgIpc) is 2.97. The minimum Gasteiger partial charge on any atom is -0.497 e. The second kappa shape index (κ2) is 13.7. The topological polar surface area (TPSA) is 85.3 Å². The lowest BCUT2D eigenvalue weighted by Crippen LogP contribution is -2.39. The number of fused-ring (bicyclic) bond motifs is 1. The number of ether oxygens (including phenoxy) is 3. The van der Waals surface area contributed by atoms with Gasteiger partial charge in [-0.25, -0.2) is 9.59 Å². The van der Waals surface area contributed by atoms with E-state index < -0.39 is 17.7 Å². The number of hydrogen-bond donors (Lipinski definition) is 1. The molecule has 0 atom stereocenters. The second-order valence-electron chi connectivity index (χ2n) is 11.0. The quantitative estimate of drug-likeness (QED) is 0.202. The van der Waals surface area contributed by atoms with Crippen LogP contribution in [0.2, 0.25) is 0 Å². The molecule has 0 unspecified atom stereocenters. The standard InChI is InChI=1S/C35H37NO6/c1-35(2,3)42-34(39)36(21-20-25-14-18-30(40-4)19-15-25)23-27(22-26-12-16-29(17-13-26)33(37)38)24-41-32-11-7-9-28-8-5-6-10-31(28)32/h5-19,22H,20-21,23-24H2,1-4H3,(H,37,38). The first-order valence-corrected chi connectivity index (χ1v) is 13.9. The lowest BCUT2D eigenvalue weighted by atomic mass is 10.1. The number of carboxylic acid groups (broad SMARTS) is 1. The number of amides is 1. The molecular formula is C35H37NO6. The molecule has 0 aliphatic rings. The molecule has 7 nitrogen and oxygen atoms in total. The first-order chi connectivity index (χ1) is 20.1. The molecule has 0 saturated heterocycles. The van der Waals surface area contributed by atoms with Crippen LogP contribution in [0.25, 0.3) is 16.8 Å². The van der Waals surface area contributed by atoms with Crippen LogP contribution in [0.1, 0.15) is 42.3 Å². The number of carbonyl (C=O) groups excluding carboxylic acids is 1. The highest BCUT2D eigenvalue weighted by Gasteiger charge is 2.23. The lowest BCUT2D eigenvalue weighted by molar-refractivity contribution is 0.0266. The Hall–Kier alpha value is -4.78. The normalized spacial score (nSPS) is 11.7. The van der Waals surface area contributed by atoms with Crippen molar-refractivity contribution >= 4 is 28.9 Å². The van der Waals surface area contributed by atoms with Gasteiger partial charge in [-0.2, -0.15) is 0 Å². The van der Waals surface area contributed by atoms with Gasteiger partial charge in [-0.15, -0.1) is 0 Å². The Morgan fingerprint density at radius 2 is 1.57 bits per heavy atom. The minimum atomic E-state index is -0.986. The Bertz CT molecular complexity index is 1530. The first-order valence-electron chi connectivity index (χ1n) is 13.9. The Balaban J connectivity index is 1.62. The third-order valence-corrected chi connectivity index (χ3v) is 6.57. The zero-order valence-electron chi connectivity index (χ0n) is 24.5. The molecule has 0 spiro atoms. The predicted octanol–water partition coefficient (Wildman–Crippen LogP) is 7.49. The molecule has 1 N–H and O–H groups in total. The molecule has 0 aliphatic heterocycles. The van der Waals surface area contributed by atoms with Crippen LogP contribution < -0.4 is 9.47 Å². The molecule has 42 heavy (non-hydrogen) atoms. The highest BCUT2D eigenvalue weighted by molar-refractivity contribution is 5.88. The Morgan fingerprint density at radius 1 is 0.881 bits per heavy atom. The van der Waals surface area contributed by atoms with Gasteiger partial charge in [-0.05, 0) is 79.6 Å². The zero-order chi connectivity index (χ0) is 30.1. The van der Waals surface area contributed by atoms with Gasteiger partial charge in [0.2, 0.25) is 0 Å². The summed E-state index contributed by atoms with van der Waals surface area (Å²) in [4.78, 5) is 26.4. The van der Waals surface area contributed by atoms with Crippen LogP contribution in [-0.4, -0.2) is 54.5 Å². The fraction of sp³-hybridized carbons (Fsp3) is 0.257. The monoisotopic (exact) mass is 567 g/mol. The maximum atomic E-state index is 13.4. The van der Waals surface area contributed by atoms with Gasteiger partial charge in [0.1, 0.15) is 23.7 Å². The third-order valence-electron chi connectivity index (χ3n) is 6.57. The minimum absolute atomic E-state index is 0.204. The van der Waals surface area contributed by atoms with Gasteiger partial charge in [0.15, 0.2) is 0 Å². The van der Waals surface area contributed by atoms with Crippen molar-refractivity contribution in [3.63, 3.8) is 0 Å². The van der Waals surface area contributed by atoms with Gasteiger partial charge in [-0.3, -0.25) is 0 Å². The number of hydrogen-bond acceptors (Lipinski definition) is 5. The SMILES string of the molecule is COc1ccc(CCN(CC(=Cc2ccc(C(=O)O)cc2)COc2cccc3ccccc23)C(=O)OC(C)(C)C)cc1. The summed E-state index contributed by atoms with van der Waals surface area (Å²) in [6, 6.07) is 28.3. The number of methoxy groups -OCH3 is 1. The summed E-state index contributed by atoms with van der Waals surface area (Å²) in [6.07, 6.45) is 2.13. The molecule has 0 saturated carbocycles. The molecule has 1 amide bonds. The van der Waals surface area contributed by atoms with Crippen molar-refractivity contribution in [1.29, 1.82) is 0 Å². The van der Waals surface area contributed by atoms with Crippen LogP contribution in [0.5, 0.6) is 11.5 Å². The van der Waals surface area contributed by atoms with Crippen molar-refractivity contribution in [1.82, 2.24) is 4.90 Å². The van der Waals surface area contributed by atoms with E-state index in [2.05, 4.69) is 0 Å². The molecule has 0 aliphatic carbocycles. The fourth-order valence-electron chi connectivity index (χ4n) is 4.45. The maximum absolute atomic E-state index is 13.4. The van der Waals surface area contributed by atoms with E-state index >= 15 is 0 Å². The largest absolute Gasteiger partial charge is 0.497 e. The molecule has 4 rings (SSSR count). The van der Waals surface area contributed by atoms with Crippen molar-refractivity contribution in [2.45, 2.75) is 32.8 Å². The predicted molar refractivity (Wildman–Crippen MR) is 165 cm³/mol. The van der Waals surface area contributed by atoms with Crippen LogP contribution in [0.4, 0.5) is 4.79 Å². The van der Waals surface area contributed by atoms with Gasteiger partial charge < -0.3 is 24.2 Å². The van der Waals surface area contributed by atoms with Gasteiger partial charge in [0.05, 0.1) is 12.7 Å². The molecule has 0 aromatic heterocycles. The van der Waals surface area contributed by atoms with Crippen LogP contribution >= 0.6 is 0 Å². The second-order valence-corrected chi connectivity index (χ2v) is 11.0. The van der Waals surface area contributed by atoms with Crippen molar-refractivity contribution in [3.8, 4) is 11.5 Å². The van der Waals surface area contributed by atoms with E-state index in [4.69, 9.17) is 14.2 Å². The summed E-state index contributed by atoms with van der Waals surface area (Å²) < 4.78 is 17.4. The summed E-state index contributed by atoms with van der Waals surface area (Å²) in [6.45, 7) is 6.43. The third kappa shape index (κ3) is 8.61. The molecule has 218 valence electrons. The van der Waals surface area contributed by atoms with Gasteiger partial charge in [0, 0.05) is 18.5 Å². The molecule has 7 heteroatoms. The van der Waals surface area contributed by atoms with E-state index in [1.807, 2.05) is 93.6 Å². The summed E-state index contributed by atoms with van der Waals surface area (Å²) in [7, 11) is 1.63.